The zero-order chi connectivity index (χ0) is 7.94. The normalized spacial score (nSPS) is 18.3. The topological polar surface area (TPSA) is 18.5 Å². The molecule has 1 fully saturated rings. The molecule has 0 aromatic heterocycles. The number of allylic oxidation sites excluding steroid dienone is 1. The van der Waals surface area contributed by atoms with Crippen molar-refractivity contribution in [1.29, 1.82) is 0 Å². The van der Waals surface area contributed by atoms with Crippen molar-refractivity contribution < 1.29 is 26.5 Å². The zero-order valence-corrected chi connectivity index (χ0v) is 8.09. The minimum Gasteiger partial charge on any atom is -0.504 e. The summed E-state index contributed by atoms with van der Waals surface area (Å²) in [5.74, 6) is 0. The predicted molar refractivity (Wildman–Crippen MR) is 43.0 cm³/mol. The van der Waals surface area contributed by atoms with Gasteiger partial charge in [-0.15, -0.1) is 0 Å². The van der Waals surface area contributed by atoms with Crippen molar-refractivity contribution in [1.82, 2.24) is 0 Å². The molecule has 0 bridgehead atoms. The molecule has 0 saturated carbocycles. The fraction of sp³-hybridized carbons (Fsp3) is 0.778. The Morgan fingerprint density at radius 3 is 2.58 bits per heavy atom. The van der Waals surface area contributed by atoms with Crippen LogP contribution < -0.4 is 0 Å². The van der Waals surface area contributed by atoms with E-state index in [1.165, 1.54) is 0 Å². The average molecular weight is 219 g/mol. The van der Waals surface area contributed by atoms with E-state index < -0.39 is 0 Å². The van der Waals surface area contributed by atoms with Crippen molar-refractivity contribution in [2.24, 2.45) is 0 Å². The van der Waals surface area contributed by atoms with Crippen LogP contribution in [0.5, 0.6) is 0 Å². The Labute approximate surface area is 84.8 Å². The quantitative estimate of drug-likeness (QED) is 0.408. The third kappa shape index (κ3) is 4.94. The summed E-state index contributed by atoms with van der Waals surface area (Å²) >= 11 is 0. The van der Waals surface area contributed by atoms with Crippen molar-refractivity contribution >= 4 is 0 Å². The van der Waals surface area contributed by atoms with Gasteiger partial charge in [0.1, 0.15) is 0 Å². The molecule has 0 unspecified atom stereocenters. The molecule has 0 aliphatic carbocycles. The van der Waals surface area contributed by atoms with Gasteiger partial charge in [0, 0.05) is 0 Å². The smallest absolute Gasteiger partial charge is 0.504 e. The van der Waals surface area contributed by atoms with E-state index in [0.29, 0.717) is 0 Å². The van der Waals surface area contributed by atoms with Crippen LogP contribution >= 0.6 is 0 Å². The Morgan fingerprint density at radius 1 is 1.33 bits per heavy atom. The van der Waals surface area contributed by atoms with E-state index in [9.17, 15) is 0 Å². The van der Waals surface area contributed by atoms with Crippen molar-refractivity contribution in [2.75, 3.05) is 13.2 Å². The maximum Gasteiger partial charge on any atom is 1.00 e. The van der Waals surface area contributed by atoms with Crippen LogP contribution in [0.25, 0.3) is 0 Å². The van der Waals surface area contributed by atoms with E-state index in [1.54, 1.807) is 0 Å². The molecule has 1 rings (SSSR count). The summed E-state index contributed by atoms with van der Waals surface area (Å²) in [6, 6.07) is 0. The Kier molecular flexibility index (Phi) is 7.93. The van der Waals surface area contributed by atoms with Crippen LogP contribution in [0.3, 0.4) is 0 Å². The zero-order valence-electron chi connectivity index (χ0n) is 7.15. The second-order valence-electron chi connectivity index (χ2n) is 2.67. The summed E-state index contributed by atoms with van der Waals surface area (Å²) in [6.45, 7) is 5.24. The molecule has 1 aliphatic heterocycles. The summed E-state index contributed by atoms with van der Waals surface area (Å²) in [5, 5.41) is 0. The molecule has 2 nitrogen and oxygen atoms in total. The Balaban J connectivity index is 0.00000121. The molecule has 0 atom stereocenters. The first kappa shape index (κ1) is 12.2. The number of hydrogen-bond acceptors (Lipinski definition) is 2. The minimum absolute atomic E-state index is 0. The molecular weight excluding hydrogens is 204 g/mol. The maximum absolute atomic E-state index is 5.35. The van der Waals surface area contributed by atoms with E-state index in [4.69, 9.17) is 9.47 Å². The second kappa shape index (κ2) is 7.81. The molecule has 1 heterocycles. The molecule has 12 heavy (non-hydrogen) atoms. The van der Waals surface area contributed by atoms with Gasteiger partial charge in [-0.05, 0) is 12.8 Å². The predicted octanol–water partition coefficient (Wildman–Crippen LogP) is 1.91. The Bertz CT molecular complexity index is 111. The average Bonchev–Trinajstić information content (AvgIpc) is 2.07. The fourth-order valence-electron chi connectivity index (χ4n) is 1.10. The third-order valence-electron chi connectivity index (χ3n) is 1.69. The van der Waals surface area contributed by atoms with Crippen molar-refractivity contribution in [3.05, 3.63) is 12.7 Å². The molecule has 0 aromatic carbocycles. The van der Waals surface area contributed by atoms with Crippen molar-refractivity contribution in [2.45, 2.75) is 32.0 Å². The third-order valence-corrected chi connectivity index (χ3v) is 1.69. The van der Waals surface area contributed by atoms with Gasteiger partial charge in [-0.2, -0.15) is 6.42 Å². The van der Waals surface area contributed by atoms with E-state index in [0.717, 1.165) is 38.9 Å². The summed E-state index contributed by atoms with van der Waals surface area (Å²) in [6.07, 6.45) is 6.89. The van der Waals surface area contributed by atoms with E-state index in [2.05, 4.69) is 12.7 Å². The van der Waals surface area contributed by atoms with Gasteiger partial charge < -0.3 is 15.5 Å². The molecule has 74 valence electrons. The SMILES string of the molecule is C=[C-]CCCC1OCCCO1.[Cu+]. The summed E-state index contributed by atoms with van der Waals surface area (Å²) in [5.41, 5.74) is 0. The Hall–Kier alpha value is 0.179. The van der Waals surface area contributed by atoms with Crippen LogP contribution in [0.1, 0.15) is 25.7 Å². The van der Waals surface area contributed by atoms with Crippen LogP contribution in [-0.4, -0.2) is 19.5 Å². The first-order valence-electron chi connectivity index (χ1n) is 4.16. The minimum atomic E-state index is 0. The van der Waals surface area contributed by atoms with Gasteiger partial charge in [0.05, 0.1) is 13.2 Å². The molecule has 0 radical (unpaired) electrons. The Morgan fingerprint density at radius 2 is 2.00 bits per heavy atom. The molecular formula is C9H15CuO2. The van der Waals surface area contributed by atoms with Gasteiger partial charge in [-0.1, -0.05) is 6.42 Å². The van der Waals surface area contributed by atoms with E-state index >= 15 is 0 Å². The van der Waals surface area contributed by atoms with Crippen molar-refractivity contribution in [3.63, 3.8) is 0 Å². The fourth-order valence-corrected chi connectivity index (χ4v) is 1.10. The molecule has 1 aliphatic rings. The second-order valence-corrected chi connectivity index (χ2v) is 2.67. The van der Waals surface area contributed by atoms with Gasteiger partial charge >= 0.3 is 17.1 Å². The number of unbranched alkanes of at least 4 members (excludes halogenated alkanes) is 1. The van der Waals surface area contributed by atoms with Crippen LogP contribution in [0.15, 0.2) is 6.58 Å². The molecule has 1 saturated heterocycles. The van der Waals surface area contributed by atoms with Gasteiger partial charge in [0.25, 0.3) is 0 Å². The van der Waals surface area contributed by atoms with E-state index in [1.807, 2.05) is 0 Å². The monoisotopic (exact) mass is 218 g/mol. The van der Waals surface area contributed by atoms with E-state index in [-0.39, 0.29) is 23.4 Å². The van der Waals surface area contributed by atoms with Crippen LogP contribution in [0, 0.1) is 6.08 Å². The summed E-state index contributed by atoms with van der Waals surface area (Å²) in [7, 11) is 0. The first-order valence-corrected chi connectivity index (χ1v) is 4.16. The van der Waals surface area contributed by atoms with Crippen LogP contribution in [-0.2, 0) is 26.5 Å². The number of rotatable bonds is 4. The standard InChI is InChI=1S/C9H15O2.Cu/c1-2-3-4-6-9-10-7-5-8-11-9;/h9H,1,3-8H2;/q-1;+1. The van der Waals surface area contributed by atoms with Gasteiger partial charge in [0.2, 0.25) is 0 Å². The van der Waals surface area contributed by atoms with Crippen LogP contribution in [0.2, 0.25) is 0 Å². The molecule has 0 N–H and O–H groups in total. The first-order chi connectivity index (χ1) is 5.43. The number of hydrogen-bond donors (Lipinski definition) is 0. The molecule has 0 amide bonds. The molecule has 0 spiro atoms. The van der Waals surface area contributed by atoms with Gasteiger partial charge in [-0.3, -0.25) is 6.58 Å². The molecule has 0 aromatic rings. The summed E-state index contributed by atoms with van der Waals surface area (Å²) < 4.78 is 10.7. The van der Waals surface area contributed by atoms with Crippen LogP contribution in [0.4, 0.5) is 0 Å². The largest absolute Gasteiger partial charge is 1.00 e. The maximum atomic E-state index is 5.35. The van der Waals surface area contributed by atoms with Crippen molar-refractivity contribution in [3.8, 4) is 0 Å². The number of ether oxygens (including phenoxy) is 2. The van der Waals surface area contributed by atoms with Gasteiger partial charge in [0.15, 0.2) is 6.29 Å². The molecule has 3 heteroatoms. The summed E-state index contributed by atoms with van der Waals surface area (Å²) in [4.78, 5) is 0. The van der Waals surface area contributed by atoms with Gasteiger partial charge in [-0.25, -0.2) is 0 Å².